The lowest BCUT2D eigenvalue weighted by atomic mass is 9.95. The van der Waals surface area contributed by atoms with Gasteiger partial charge in [-0.15, -0.1) is 12.4 Å². The first-order valence-electron chi connectivity index (χ1n) is 8.60. The van der Waals surface area contributed by atoms with Crippen LogP contribution < -0.4 is 10.1 Å². The summed E-state index contributed by atoms with van der Waals surface area (Å²) in [7, 11) is 0. The van der Waals surface area contributed by atoms with Crippen LogP contribution in [0, 0.1) is 0 Å². The van der Waals surface area contributed by atoms with E-state index >= 15 is 0 Å². The van der Waals surface area contributed by atoms with E-state index < -0.39 is 0 Å². The minimum atomic E-state index is 0. The van der Waals surface area contributed by atoms with Gasteiger partial charge in [0.1, 0.15) is 12.4 Å². The maximum absolute atomic E-state index is 6.16. The van der Waals surface area contributed by atoms with Gasteiger partial charge in [0.15, 0.2) is 0 Å². The average molecular weight is 401 g/mol. The van der Waals surface area contributed by atoms with Crippen molar-refractivity contribution in [1.29, 1.82) is 0 Å². The summed E-state index contributed by atoms with van der Waals surface area (Å²) in [6.45, 7) is 1.36. The van der Waals surface area contributed by atoms with E-state index in [9.17, 15) is 0 Å². The molecule has 5 heteroatoms. The van der Waals surface area contributed by atoms with Crippen LogP contribution in [-0.4, -0.2) is 6.04 Å². The zero-order valence-corrected chi connectivity index (χ0v) is 16.5. The summed E-state index contributed by atoms with van der Waals surface area (Å²) >= 11 is 12.1. The number of nitrogens with one attached hydrogen (secondary N) is 1. The normalized spacial score (nSPS) is 14.8. The van der Waals surface area contributed by atoms with Crippen LogP contribution >= 0.6 is 35.6 Å². The molecule has 0 spiro atoms. The molecule has 136 valence electrons. The van der Waals surface area contributed by atoms with Crippen LogP contribution in [0.2, 0.25) is 10.0 Å². The molecule has 0 atom stereocenters. The molecule has 2 aromatic rings. The second-order valence-corrected chi connectivity index (χ2v) is 7.23. The van der Waals surface area contributed by atoms with Crippen LogP contribution in [0.3, 0.4) is 0 Å². The first-order chi connectivity index (χ1) is 11.7. The van der Waals surface area contributed by atoms with Gasteiger partial charge in [-0.25, -0.2) is 0 Å². The molecular formula is C20H24Cl3NO. The number of benzene rings is 2. The van der Waals surface area contributed by atoms with Gasteiger partial charge in [-0.2, -0.15) is 0 Å². The Labute approximate surface area is 166 Å². The Morgan fingerprint density at radius 1 is 0.960 bits per heavy atom. The van der Waals surface area contributed by atoms with E-state index in [4.69, 9.17) is 27.9 Å². The predicted octanol–water partition coefficient (Wildman–Crippen LogP) is 6.42. The Kier molecular flexibility index (Phi) is 8.38. The van der Waals surface area contributed by atoms with Crippen molar-refractivity contribution in [2.75, 3.05) is 0 Å². The fraction of sp³-hybridized carbons (Fsp3) is 0.400. The first-order valence-corrected chi connectivity index (χ1v) is 9.35. The molecule has 0 unspecified atom stereocenters. The third-order valence-corrected chi connectivity index (χ3v) is 5.12. The molecule has 0 aromatic heterocycles. The van der Waals surface area contributed by atoms with Gasteiger partial charge in [0.05, 0.1) is 0 Å². The minimum Gasteiger partial charge on any atom is -0.489 e. The highest BCUT2D eigenvalue weighted by Crippen LogP contribution is 2.23. The van der Waals surface area contributed by atoms with E-state index in [0.717, 1.165) is 17.9 Å². The third-order valence-electron chi connectivity index (χ3n) is 4.53. The molecule has 1 N–H and O–H groups in total. The van der Waals surface area contributed by atoms with Gasteiger partial charge in [-0.1, -0.05) is 60.7 Å². The second kappa shape index (κ2) is 10.3. The van der Waals surface area contributed by atoms with Crippen molar-refractivity contribution in [2.24, 2.45) is 0 Å². The van der Waals surface area contributed by atoms with Crippen LogP contribution in [0.25, 0.3) is 0 Å². The smallest absolute Gasteiger partial charge is 0.119 e. The van der Waals surface area contributed by atoms with Crippen molar-refractivity contribution in [2.45, 2.75) is 51.3 Å². The van der Waals surface area contributed by atoms with Gasteiger partial charge in [-0.3, -0.25) is 0 Å². The van der Waals surface area contributed by atoms with Crippen molar-refractivity contribution in [3.05, 3.63) is 63.6 Å². The highest BCUT2D eigenvalue weighted by atomic mass is 35.5. The van der Waals surface area contributed by atoms with E-state index in [0.29, 0.717) is 22.7 Å². The Bertz CT molecular complexity index is 654. The Balaban J connectivity index is 0.00000225. The minimum absolute atomic E-state index is 0. The SMILES string of the molecule is Cl.Clc1ccc(COc2ccc(CNC3CCCCC3)cc2)c(Cl)c1. The molecule has 0 saturated heterocycles. The van der Waals surface area contributed by atoms with Crippen LogP contribution in [0.15, 0.2) is 42.5 Å². The molecule has 0 heterocycles. The van der Waals surface area contributed by atoms with Gasteiger partial charge in [0, 0.05) is 28.2 Å². The van der Waals surface area contributed by atoms with Crippen LogP contribution in [0.4, 0.5) is 0 Å². The van der Waals surface area contributed by atoms with Gasteiger partial charge < -0.3 is 10.1 Å². The third kappa shape index (κ3) is 6.38. The average Bonchev–Trinajstić information content (AvgIpc) is 2.61. The number of rotatable bonds is 6. The summed E-state index contributed by atoms with van der Waals surface area (Å²) in [5.74, 6) is 0.849. The molecule has 25 heavy (non-hydrogen) atoms. The zero-order valence-electron chi connectivity index (χ0n) is 14.1. The summed E-state index contributed by atoms with van der Waals surface area (Å²) in [6.07, 6.45) is 6.73. The number of hydrogen-bond donors (Lipinski definition) is 1. The van der Waals surface area contributed by atoms with Gasteiger partial charge in [-0.05, 0) is 42.7 Å². The maximum Gasteiger partial charge on any atom is 0.119 e. The Hall–Kier alpha value is -0.930. The molecule has 2 aromatic carbocycles. The highest BCUT2D eigenvalue weighted by molar-refractivity contribution is 6.35. The van der Waals surface area contributed by atoms with Crippen molar-refractivity contribution in [1.82, 2.24) is 5.32 Å². The van der Waals surface area contributed by atoms with E-state index in [1.807, 2.05) is 24.3 Å². The molecule has 2 nitrogen and oxygen atoms in total. The monoisotopic (exact) mass is 399 g/mol. The molecule has 1 saturated carbocycles. The zero-order chi connectivity index (χ0) is 16.8. The molecule has 0 radical (unpaired) electrons. The van der Waals surface area contributed by atoms with Crippen LogP contribution in [0.5, 0.6) is 5.75 Å². The second-order valence-electron chi connectivity index (χ2n) is 6.38. The van der Waals surface area contributed by atoms with E-state index in [-0.39, 0.29) is 12.4 Å². The van der Waals surface area contributed by atoms with Crippen molar-refractivity contribution in [3.63, 3.8) is 0 Å². The standard InChI is InChI=1S/C20H23Cl2NO.ClH/c21-17-9-8-16(20(22)12-17)14-24-19-10-6-15(7-11-19)13-23-18-4-2-1-3-5-18;/h6-12,18,23H,1-5,13-14H2;1H. The molecule has 1 aliphatic rings. The van der Waals surface area contributed by atoms with Crippen molar-refractivity contribution in [3.8, 4) is 5.75 Å². The van der Waals surface area contributed by atoms with Gasteiger partial charge >= 0.3 is 0 Å². The van der Waals surface area contributed by atoms with Crippen molar-refractivity contribution < 1.29 is 4.74 Å². The van der Waals surface area contributed by atoms with E-state index in [1.54, 1.807) is 6.07 Å². The highest BCUT2D eigenvalue weighted by Gasteiger charge is 2.12. The lowest BCUT2D eigenvalue weighted by Gasteiger charge is -2.22. The summed E-state index contributed by atoms with van der Waals surface area (Å²) < 4.78 is 5.81. The van der Waals surface area contributed by atoms with Gasteiger partial charge in [0.2, 0.25) is 0 Å². The Morgan fingerprint density at radius 3 is 2.36 bits per heavy atom. The molecular weight excluding hydrogens is 377 g/mol. The molecule has 0 amide bonds. The number of halogens is 3. The van der Waals surface area contributed by atoms with E-state index in [1.165, 1.54) is 37.7 Å². The quantitative estimate of drug-likeness (QED) is 0.604. The van der Waals surface area contributed by atoms with E-state index in [2.05, 4.69) is 17.4 Å². The fourth-order valence-corrected chi connectivity index (χ4v) is 3.54. The molecule has 1 fully saturated rings. The first kappa shape index (κ1) is 20.4. The summed E-state index contributed by atoms with van der Waals surface area (Å²) in [4.78, 5) is 0. The number of ether oxygens (including phenoxy) is 1. The maximum atomic E-state index is 6.16. The summed E-state index contributed by atoms with van der Waals surface area (Å²) in [5.41, 5.74) is 2.22. The van der Waals surface area contributed by atoms with Crippen LogP contribution in [-0.2, 0) is 13.2 Å². The lowest BCUT2D eigenvalue weighted by molar-refractivity contribution is 0.306. The van der Waals surface area contributed by atoms with Crippen LogP contribution in [0.1, 0.15) is 43.2 Å². The lowest BCUT2D eigenvalue weighted by Crippen LogP contribution is -2.30. The predicted molar refractivity (Wildman–Crippen MR) is 108 cm³/mol. The summed E-state index contributed by atoms with van der Waals surface area (Å²) in [6, 6.07) is 14.4. The molecule has 0 aliphatic heterocycles. The van der Waals surface area contributed by atoms with Crippen molar-refractivity contribution >= 4 is 35.6 Å². The Morgan fingerprint density at radius 2 is 1.68 bits per heavy atom. The molecule has 1 aliphatic carbocycles. The fourth-order valence-electron chi connectivity index (χ4n) is 3.07. The molecule has 0 bridgehead atoms. The summed E-state index contributed by atoms with van der Waals surface area (Å²) in [5, 5.41) is 4.93. The topological polar surface area (TPSA) is 21.3 Å². The van der Waals surface area contributed by atoms with Gasteiger partial charge in [0.25, 0.3) is 0 Å². The molecule has 3 rings (SSSR count). The largest absolute Gasteiger partial charge is 0.489 e. The number of hydrogen-bond acceptors (Lipinski definition) is 2.